The van der Waals surface area contributed by atoms with E-state index >= 15 is 0 Å². The summed E-state index contributed by atoms with van der Waals surface area (Å²) in [5.41, 5.74) is 4.72. The minimum absolute atomic E-state index is 0.0417. The molecule has 2 nitrogen and oxygen atoms in total. The van der Waals surface area contributed by atoms with E-state index in [4.69, 9.17) is 10.8 Å². The van der Waals surface area contributed by atoms with Crippen LogP contribution in [0.1, 0.15) is 6.42 Å². The van der Waals surface area contributed by atoms with Crippen molar-refractivity contribution < 1.29 is 9.50 Å². The Morgan fingerprint density at radius 2 is 2.33 bits per heavy atom. The predicted molar refractivity (Wildman–Crippen MR) is 20.8 cm³/mol. The van der Waals surface area contributed by atoms with E-state index in [0.29, 0.717) is 0 Å². The number of aliphatic hydroxyl groups excluding tert-OH is 1. The third-order valence-corrected chi connectivity index (χ3v) is 0.405. The zero-order chi connectivity index (χ0) is 4.99. The van der Waals surface area contributed by atoms with Gasteiger partial charge in [-0.3, -0.25) is 4.39 Å². The van der Waals surface area contributed by atoms with E-state index in [2.05, 4.69) is 0 Å². The van der Waals surface area contributed by atoms with Crippen molar-refractivity contribution >= 4 is 0 Å². The molecule has 3 N–H and O–H groups in total. The SMILES string of the molecule is NC(O)CCF. The first kappa shape index (κ1) is 5.85. The zero-order valence-electron chi connectivity index (χ0n) is 3.39. The van der Waals surface area contributed by atoms with Gasteiger partial charge in [0.25, 0.3) is 0 Å². The summed E-state index contributed by atoms with van der Waals surface area (Å²) in [6, 6.07) is 0. The lowest BCUT2D eigenvalue weighted by molar-refractivity contribution is 0.161. The van der Waals surface area contributed by atoms with E-state index in [9.17, 15) is 4.39 Å². The molecule has 0 radical (unpaired) electrons. The zero-order valence-corrected chi connectivity index (χ0v) is 3.39. The van der Waals surface area contributed by atoms with Crippen LogP contribution in [0.15, 0.2) is 0 Å². The average molecular weight is 93.1 g/mol. The van der Waals surface area contributed by atoms with Gasteiger partial charge in [-0.2, -0.15) is 0 Å². The van der Waals surface area contributed by atoms with Crippen LogP contribution < -0.4 is 5.73 Å². The standard InChI is InChI=1S/C3H8FNO/c4-2-1-3(5)6/h3,6H,1-2,5H2. The van der Waals surface area contributed by atoms with E-state index in [1.54, 1.807) is 0 Å². The maximum atomic E-state index is 11.0. The van der Waals surface area contributed by atoms with Gasteiger partial charge < -0.3 is 10.8 Å². The van der Waals surface area contributed by atoms with E-state index in [1.807, 2.05) is 0 Å². The maximum Gasteiger partial charge on any atom is 0.104 e. The number of rotatable bonds is 2. The second-order valence-electron chi connectivity index (χ2n) is 1.05. The lowest BCUT2D eigenvalue weighted by Gasteiger charge is -1.94. The molecule has 0 heterocycles. The number of nitrogens with two attached hydrogens (primary N) is 1. The van der Waals surface area contributed by atoms with Crippen molar-refractivity contribution in [2.75, 3.05) is 6.67 Å². The Morgan fingerprint density at radius 1 is 1.83 bits per heavy atom. The summed E-state index contributed by atoms with van der Waals surface area (Å²) >= 11 is 0. The summed E-state index contributed by atoms with van der Waals surface area (Å²) in [6.07, 6.45) is -0.935. The number of aliphatic hydroxyl groups is 1. The topological polar surface area (TPSA) is 46.2 Å². The largest absolute Gasteiger partial charge is 0.379 e. The molecule has 0 spiro atoms. The van der Waals surface area contributed by atoms with Crippen molar-refractivity contribution in [3.63, 3.8) is 0 Å². The van der Waals surface area contributed by atoms with Crippen molar-refractivity contribution in [1.29, 1.82) is 0 Å². The Bertz CT molecular complexity index is 32.0. The molecule has 0 aliphatic rings. The molecule has 0 saturated heterocycles. The molecule has 0 aromatic rings. The van der Waals surface area contributed by atoms with Crippen LogP contribution in [0.3, 0.4) is 0 Å². The summed E-state index contributed by atoms with van der Waals surface area (Å²) in [4.78, 5) is 0. The van der Waals surface area contributed by atoms with Crippen LogP contribution in [0.2, 0.25) is 0 Å². The lowest BCUT2D eigenvalue weighted by Crippen LogP contribution is -2.18. The molecule has 1 unspecified atom stereocenters. The van der Waals surface area contributed by atoms with Gasteiger partial charge in [0.1, 0.15) is 6.23 Å². The van der Waals surface area contributed by atoms with Crippen LogP contribution in [0.25, 0.3) is 0 Å². The first-order valence-electron chi connectivity index (χ1n) is 1.77. The highest BCUT2D eigenvalue weighted by atomic mass is 19.1. The van der Waals surface area contributed by atoms with Crippen LogP contribution in [0, 0.1) is 0 Å². The third kappa shape index (κ3) is 3.85. The molecule has 0 aliphatic carbocycles. The van der Waals surface area contributed by atoms with Gasteiger partial charge in [0.05, 0.1) is 6.67 Å². The minimum atomic E-state index is -0.977. The van der Waals surface area contributed by atoms with Crippen LogP contribution >= 0.6 is 0 Å². The second-order valence-corrected chi connectivity index (χ2v) is 1.05. The van der Waals surface area contributed by atoms with Crippen molar-refractivity contribution in [2.45, 2.75) is 12.6 Å². The van der Waals surface area contributed by atoms with Gasteiger partial charge in [-0.25, -0.2) is 0 Å². The van der Waals surface area contributed by atoms with Gasteiger partial charge in [0.2, 0.25) is 0 Å². The molecular formula is C3H8FNO. The highest BCUT2D eigenvalue weighted by Gasteiger charge is 1.89. The van der Waals surface area contributed by atoms with Gasteiger partial charge in [-0.05, 0) is 0 Å². The fourth-order valence-electron chi connectivity index (χ4n) is 0.112. The van der Waals surface area contributed by atoms with Crippen molar-refractivity contribution in [1.82, 2.24) is 0 Å². The molecule has 0 bridgehead atoms. The van der Waals surface area contributed by atoms with Gasteiger partial charge in [-0.15, -0.1) is 0 Å². The van der Waals surface area contributed by atoms with Crippen molar-refractivity contribution in [3.8, 4) is 0 Å². The first-order chi connectivity index (χ1) is 2.77. The lowest BCUT2D eigenvalue weighted by atomic mass is 10.4. The van der Waals surface area contributed by atoms with Gasteiger partial charge in [0, 0.05) is 6.42 Å². The Morgan fingerprint density at radius 3 is 2.33 bits per heavy atom. The smallest absolute Gasteiger partial charge is 0.104 e. The summed E-state index contributed by atoms with van der Waals surface area (Å²) in [6.45, 7) is -0.544. The molecule has 0 aromatic carbocycles. The third-order valence-electron chi connectivity index (χ3n) is 0.405. The van der Waals surface area contributed by atoms with E-state index in [-0.39, 0.29) is 6.42 Å². The van der Waals surface area contributed by atoms with Gasteiger partial charge in [0.15, 0.2) is 0 Å². The molecule has 0 fully saturated rings. The Kier molecular flexibility index (Phi) is 2.98. The van der Waals surface area contributed by atoms with Crippen LogP contribution in [-0.2, 0) is 0 Å². The molecule has 0 amide bonds. The number of halogens is 1. The van der Waals surface area contributed by atoms with Crippen LogP contribution in [0.4, 0.5) is 4.39 Å². The van der Waals surface area contributed by atoms with Crippen LogP contribution in [0.5, 0.6) is 0 Å². The molecule has 6 heavy (non-hydrogen) atoms. The highest BCUT2D eigenvalue weighted by molar-refractivity contribution is 4.38. The minimum Gasteiger partial charge on any atom is -0.379 e. The number of hydrogen-bond donors (Lipinski definition) is 2. The van der Waals surface area contributed by atoms with E-state index in [0.717, 1.165) is 0 Å². The van der Waals surface area contributed by atoms with Crippen molar-refractivity contribution in [2.24, 2.45) is 5.73 Å². The van der Waals surface area contributed by atoms with Gasteiger partial charge in [-0.1, -0.05) is 0 Å². The number of hydrogen-bond acceptors (Lipinski definition) is 2. The maximum absolute atomic E-state index is 11.0. The molecule has 1 atom stereocenters. The fourth-order valence-corrected chi connectivity index (χ4v) is 0.112. The molecule has 0 aromatic heterocycles. The molecule has 0 rings (SSSR count). The van der Waals surface area contributed by atoms with Gasteiger partial charge >= 0.3 is 0 Å². The summed E-state index contributed by atoms with van der Waals surface area (Å²) in [7, 11) is 0. The molecule has 0 aliphatic heterocycles. The molecule has 3 heteroatoms. The molecule has 0 saturated carbocycles. The van der Waals surface area contributed by atoms with Crippen LogP contribution in [-0.4, -0.2) is 18.0 Å². The summed E-state index contributed by atoms with van der Waals surface area (Å²) in [5.74, 6) is 0. The van der Waals surface area contributed by atoms with E-state index < -0.39 is 12.9 Å². The quantitative estimate of drug-likeness (QED) is 0.457. The molecule has 38 valence electrons. The number of alkyl halides is 1. The normalized spacial score (nSPS) is 14.5. The summed E-state index contributed by atoms with van der Waals surface area (Å²) in [5, 5.41) is 8.09. The van der Waals surface area contributed by atoms with E-state index in [1.165, 1.54) is 0 Å². The van der Waals surface area contributed by atoms with Crippen molar-refractivity contribution in [3.05, 3.63) is 0 Å². The second kappa shape index (κ2) is 3.06. The average Bonchev–Trinajstić information content (AvgIpc) is 1.35. The Hall–Kier alpha value is -0.150. The predicted octanol–water partition coefficient (Wildman–Crippen LogP) is -0.377. The summed E-state index contributed by atoms with van der Waals surface area (Å²) < 4.78 is 11.0. The fraction of sp³-hybridized carbons (Fsp3) is 1.00. The highest BCUT2D eigenvalue weighted by Crippen LogP contribution is 1.80. The molecular weight excluding hydrogens is 85.0 g/mol. The Labute approximate surface area is 35.8 Å². The monoisotopic (exact) mass is 93.1 g/mol. The first-order valence-corrected chi connectivity index (χ1v) is 1.77. The Balaban J connectivity index is 2.63.